The van der Waals surface area contributed by atoms with Gasteiger partial charge in [0.15, 0.2) is 0 Å². The number of thiophene rings is 1. The van der Waals surface area contributed by atoms with Crippen LogP contribution in [-0.2, 0) is 21.4 Å². The van der Waals surface area contributed by atoms with Crippen LogP contribution in [0.25, 0.3) is 10.7 Å². The molecule has 176 valence electrons. The van der Waals surface area contributed by atoms with Crippen molar-refractivity contribution in [3.05, 3.63) is 46.7 Å². The highest BCUT2D eigenvalue weighted by atomic mass is 32.2. The molecule has 9 nitrogen and oxygen atoms in total. The first-order valence-corrected chi connectivity index (χ1v) is 12.9. The molecule has 0 aliphatic carbocycles. The van der Waals surface area contributed by atoms with E-state index >= 15 is 0 Å². The van der Waals surface area contributed by atoms with E-state index in [1.807, 2.05) is 24.3 Å². The van der Waals surface area contributed by atoms with E-state index < -0.39 is 15.9 Å². The molecule has 1 saturated heterocycles. The Balaban J connectivity index is 1.46. The van der Waals surface area contributed by atoms with Gasteiger partial charge in [-0.1, -0.05) is 23.4 Å². The molecule has 11 heteroatoms. The average Bonchev–Trinajstić information content (AvgIpc) is 3.43. The summed E-state index contributed by atoms with van der Waals surface area (Å²) in [6.07, 6.45) is 1.26. The first-order chi connectivity index (χ1) is 15.8. The van der Waals surface area contributed by atoms with E-state index in [0.29, 0.717) is 53.2 Å². The van der Waals surface area contributed by atoms with Gasteiger partial charge in [-0.25, -0.2) is 8.42 Å². The minimum Gasteiger partial charge on any atom is -0.496 e. The van der Waals surface area contributed by atoms with Gasteiger partial charge >= 0.3 is 0 Å². The van der Waals surface area contributed by atoms with Gasteiger partial charge in [-0.2, -0.15) is 9.29 Å². The SMILES string of the molecule is COc1ccccc1CNC(=O)[C@@H]1CCCN(S(=O)(=O)c2cc(-c3noc(C)n3)sc2C)C1. The van der Waals surface area contributed by atoms with Gasteiger partial charge in [0, 0.05) is 37.0 Å². The summed E-state index contributed by atoms with van der Waals surface area (Å²) in [5, 5.41) is 6.81. The highest BCUT2D eigenvalue weighted by molar-refractivity contribution is 7.89. The molecule has 0 saturated carbocycles. The molecule has 0 spiro atoms. The number of aromatic nitrogens is 2. The van der Waals surface area contributed by atoms with Gasteiger partial charge in [0.2, 0.25) is 27.6 Å². The molecule has 0 bridgehead atoms. The number of hydrogen-bond acceptors (Lipinski definition) is 8. The Morgan fingerprint density at radius 3 is 2.85 bits per heavy atom. The quantitative estimate of drug-likeness (QED) is 0.541. The van der Waals surface area contributed by atoms with Crippen LogP contribution in [0.2, 0.25) is 0 Å². The second-order valence-corrected chi connectivity index (χ2v) is 11.1. The number of hydrogen-bond donors (Lipinski definition) is 1. The molecule has 0 radical (unpaired) electrons. The number of amides is 1. The molecular formula is C22H26N4O5S2. The fraction of sp³-hybridized carbons (Fsp3) is 0.409. The lowest BCUT2D eigenvalue weighted by Gasteiger charge is -2.31. The van der Waals surface area contributed by atoms with Crippen molar-refractivity contribution in [1.29, 1.82) is 0 Å². The minimum absolute atomic E-state index is 0.145. The molecule has 4 rings (SSSR count). The number of nitrogens with zero attached hydrogens (tertiary/aromatic N) is 3. The van der Waals surface area contributed by atoms with Crippen LogP contribution in [0.3, 0.4) is 0 Å². The minimum atomic E-state index is -3.76. The van der Waals surface area contributed by atoms with Gasteiger partial charge in [0.1, 0.15) is 5.75 Å². The average molecular weight is 491 g/mol. The van der Waals surface area contributed by atoms with E-state index in [4.69, 9.17) is 9.26 Å². The maximum Gasteiger partial charge on any atom is 0.244 e. The number of sulfonamides is 1. The molecule has 1 fully saturated rings. The maximum atomic E-state index is 13.4. The summed E-state index contributed by atoms with van der Waals surface area (Å²) in [5.74, 6) is 0.909. The molecule has 1 amide bonds. The molecule has 3 heterocycles. The first-order valence-electron chi connectivity index (χ1n) is 10.6. The lowest BCUT2D eigenvalue weighted by Crippen LogP contribution is -2.45. The second kappa shape index (κ2) is 9.62. The van der Waals surface area contributed by atoms with E-state index in [1.54, 1.807) is 27.0 Å². The third-order valence-corrected chi connectivity index (χ3v) is 8.81. The number of methoxy groups -OCH3 is 1. The van der Waals surface area contributed by atoms with E-state index in [1.165, 1.54) is 15.6 Å². The zero-order valence-electron chi connectivity index (χ0n) is 18.7. The number of benzene rings is 1. The smallest absolute Gasteiger partial charge is 0.244 e. The van der Waals surface area contributed by atoms with Crippen molar-refractivity contribution in [2.45, 2.75) is 38.1 Å². The number of aryl methyl sites for hydroxylation is 2. The van der Waals surface area contributed by atoms with Crippen LogP contribution < -0.4 is 10.1 Å². The maximum absolute atomic E-state index is 13.4. The first kappa shape index (κ1) is 23.4. The number of carbonyl (C=O) groups excluding carboxylic acids is 1. The van der Waals surface area contributed by atoms with Crippen LogP contribution in [0.15, 0.2) is 39.8 Å². The summed E-state index contributed by atoms with van der Waals surface area (Å²) in [4.78, 5) is 18.5. The lowest BCUT2D eigenvalue weighted by molar-refractivity contribution is -0.126. The van der Waals surface area contributed by atoms with Gasteiger partial charge in [0.25, 0.3) is 0 Å². The lowest BCUT2D eigenvalue weighted by atomic mass is 9.98. The third-order valence-electron chi connectivity index (χ3n) is 5.64. The molecule has 1 N–H and O–H groups in total. The zero-order valence-corrected chi connectivity index (χ0v) is 20.3. The summed E-state index contributed by atoms with van der Waals surface area (Å²) in [6.45, 7) is 4.29. The summed E-state index contributed by atoms with van der Waals surface area (Å²) in [5.41, 5.74) is 0.867. The highest BCUT2D eigenvalue weighted by Gasteiger charge is 2.35. The van der Waals surface area contributed by atoms with Crippen LogP contribution >= 0.6 is 11.3 Å². The Hall–Kier alpha value is -2.76. The summed E-state index contributed by atoms with van der Waals surface area (Å²) in [6, 6.07) is 9.06. The zero-order chi connectivity index (χ0) is 23.6. The largest absolute Gasteiger partial charge is 0.496 e. The Bertz CT molecular complexity index is 1250. The van der Waals surface area contributed by atoms with Gasteiger partial charge in [0.05, 0.1) is 22.8 Å². The molecule has 0 unspecified atom stereocenters. The standard InChI is InChI=1S/C22H26N4O5S2/c1-14-20(11-19(32-14)21-24-15(2)31-25-21)33(28,29)26-10-6-8-17(13-26)22(27)23-12-16-7-4-5-9-18(16)30-3/h4-5,7,9,11,17H,6,8,10,12-13H2,1-3H3,(H,23,27)/t17-/m1/s1. The molecular weight excluding hydrogens is 464 g/mol. The highest BCUT2D eigenvalue weighted by Crippen LogP contribution is 2.35. The number of ether oxygens (including phenoxy) is 1. The van der Waals surface area contributed by atoms with E-state index in [2.05, 4.69) is 15.5 Å². The van der Waals surface area contributed by atoms with Crippen molar-refractivity contribution in [2.24, 2.45) is 5.92 Å². The van der Waals surface area contributed by atoms with Gasteiger partial charge < -0.3 is 14.6 Å². The van der Waals surface area contributed by atoms with E-state index in [-0.39, 0.29) is 17.3 Å². The Kier molecular flexibility index (Phi) is 6.82. The van der Waals surface area contributed by atoms with Gasteiger partial charge in [-0.15, -0.1) is 11.3 Å². The van der Waals surface area contributed by atoms with Crippen LogP contribution in [-0.4, -0.2) is 49.0 Å². The Morgan fingerprint density at radius 1 is 1.33 bits per heavy atom. The van der Waals surface area contributed by atoms with Crippen LogP contribution in [0.5, 0.6) is 5.75 Å². The molecule has 1 aliphatic rings. The van der Waals surface area contributed by atoms with Crippen LogP contribution in [0.4, 0.5) is 0 Å². The third kappa shape index (κ3) is 4.94. The van der Waals surface area contributed by atoms with Gasteiger partial charge in [-0.05, 0) is 31.9 Å². The van der Waals surface area contributed by atoms with Crippen molar-refractivity contribution < 1.29 is 22.5 Å². The van der Waals surface area contributed by atoms with Crippen molar-refractivity contribution in [3.63, 3.8) is 0 Å². The van der Waals surface area contributed by atoms with E-state index in [9.17, 15) is 13.2 Å². The molecule has 1 atom stereocenters. The predicted octanol–water partition coefficient (Wildman–Crippen LogP) is 3.14. The Labute approximate surface area is 196 Å². The monoisotopic (exact) mass is 490 g/mol. The van der Waals surface area contributed by atoms with E-state index in [0.717, 1.165) is 5.56 Å². The van der Waals surface area contributed by atoms with Crippen molar-refractivity contribution in [1.82, 2.24) is 19.8 Å². The van der Waals surface area contributed by atoms with Crippen LogP contribution in [0, 0.1) is 19.8 Å². The fourth-order valence-corrected chi connectivity index (χ4v) is 6.93. The molecule has 33 heavy (non-hydrogen) atoms. The molecule has 3 aromatic rings. The van der Waals surface area contributed by atoms with Crippen molar-refractivity contribution in [2.75, 3.05) is 20.2 Å². The molecule has 2 aromatic heterocycles. The number of carbonyl (C=O) groups is 1. The van der Waals surface area contributed by atoms with Crippen LogP contribution in [0.1, 0.15) is 29.2 Å². The predicted molar refractivity (Wildman–Crippen MR) is 123 cm³/mol. The number of rotatable bonds is 7. The number of piperidine rings is 1. The van der Waals surface area contributed by atoms with Gasteiger partial charge in [-0.3, -0.25) is 4.79 Å². The summed E-state index contributed by atoms with van der Waals surface area (Å²) >= 11 is 1.31. The molecule has 1 aromatic carbocycles. The Morgan fingerprint density at radius 2 is 2.12 bits per heavy atom. The fourth-order valence-electron chi connectivity index (χ4n) is 3.92. The number of nitrogens with one attached hydrogen (secondary N) is 1. The normalized spacial score (nSPS) is 17.1. The van der Waals surface area contributed by atoms with Crippen molar-refractivity contribution in [3.8, 4) is 16.5 Å². The summed E-state index contributed by atoms with van der Waals surface area (Å²) < 4.78 is 38.6. The molecule has 1 aliphatic heterocycles. The van der Waals surface area contributed by atoms with Crippen molar-refractivity contribution >= 4 is 27.3 Å². The number of para-hydroxylation sites is 1. The topological polar surface area (TPSA) is 115 Å². The second-order valence-electron chi connectivity index (χ2n) is 7.90. The summed E-state index contributed by atoms with van der Waals surface area (Å²) in [7, 11) is -2.17.